The van der Waals surface area contributed by atoms with E-state index in [0.29, 0.717) is 19.7 Å². The van der Waals surface area contributed by atoms with E-state index in [4.69, 9.17) is 10.5 Å². The second kappa shape index (κ2) is 5.40. The lowest BCUT2D eigenvalue weighted by Crippen LogP contribution is -2.09. The van der Waals surface area contributed by atoms with Crippen molar-refractivity contribution in [3.8, 4) is 5.75 Å². The molecule has 2 rings (SSSR count). The highest BCUT2D eigenvalue weighted by molar-refractivity contribution is 5.18. The van der Waals surface area contributed by atoms with Crippen molar-refractivity contribution in [2.24, 2.45) is 5.73 Å². The lowest BCUT2D eigenvalue weighted by molar-refractivity contribution is 0.288. The normalized spacial score (nSPS) is 10.5. The third-order valence-corrected chi connectivity index (χ3v) is 2.27. The summed E-state index contributed by atoms with van der Waals surface area (Å²) in [5.41, 5.74) is 7.19. The van der Waals surface area contributed by atoms with E-state index in [1.165, 1.54) is 0 Å². The van der Waals surface area contributed by atoms with Crippen LogP contribution in [0, 0.1) is 6.92 Å². The number of pyridine rings is 1. The van der Waals surface area contributed by atoms with Gasteiger partial charge < -0.3 is 10.5 Å². The fourth-order valence-corrected chi connectivity index (χ4v) is 1.34. The smallest absolute Gasteiger partial charge is 0.137 e. The second-order valence-electron chi connectivity index (χ2n) is 3.66. The largest absolute Gasteiger partial charge is 0.490 e. The number of aromatic nitrogens is 4. The maximum Gasteiger partial charge on any atom is 0.137 e. The standard InChI is InChI=1S/C11H15N5O/c1-9-2-3-11(7-13-9)17-5-4-16-8-10(6-12)14-15-16/h2-3,7-8H,4-6,12H2,1H3. The van der Waals surface area contributed by atoms with Crippen molar-refractivity contribution in [2.75, 3.05) is 6.61 Å². The van der Waals surface area contributed by atoms with Crippen molar-refractivity contribution in [2.45, 2.75) is 20.0 Å². The molecule has 0 amide bonds. The molecular weight excluding hydrogens is 218 g/mol. The molecule has 0 aliphatic heterocycles. The Labute approximate surface area is 99.4 Å². The van der Waals surface area contributed by atoms with Gasteiger partial charge in [0.2, 0.25) is 0 Å². The highest BCUT2D eigenvalue weighted by Gasteiger charge is 1.99. The molecular formula is C11H15N5O. The lowest BCUT2D eigenvalue weighted by Gasteiger charge is -2.05. The minimum atomic E-state index is 0.405. The van der Waals surface area contributed by atoms with Gasteiger partial charge in [-0.15, -0.1) is 5.10 Å². The second-order valence-corrected chi connectivity index (χ2v) is 3.66. The van der Waals surface area contributed by atoms with Crippen LogP contribution in [0.5, 0.6) is 5.75 Å². The lowest BCUT2D eigenvalue weighted by atomic mass is 10.4. The van der Waals surface area contributed by atoms with Gasteiger partial charge in [0, 0.05) is 18.4 Å². The molecule has 0 saturated heterocycles. The average Bonchev–Trinajstić information content (AvgIpc) is 2.80. The van der Waals surface area contributed by atoms with Crippen LogP contribution < -0.4 is 10.5 Å². The van der Waals surface area contributed by atoms with E-state index >= 15 is 0 Å². The van der Waals surface area contributed by atoms with Gasteiger partial charge >= 0.3 is 0 Å². The van der Waals surface area contributed by atoms with Crippen molar-refractivity contribution in [1.82, 2.24) is 20.0 Å². The van der Waals surface area contributed by atoms with Crippen LogP contribution in [0.15, 0.2) is 24.5 Å². The minimum Gasteiger partial charge on any atom is -0.490 e. The Hall–Kier alpha value is -1.95. The molecule has 0 spiro atoms. The Morgan fingerprint density at radius 2 is 2.29 bits per heavy atom. The van der Waals surface area contributed by atoms with Crippen molar-refractivity contribution >= 4 is 0 Å². The maximum absolute atomic E-state index is 5.53. The molecule has 2 aromatic heterocycles. The van der Waals surface area contributed by atoms with Gasteiger partial charge in [0.15, 0.2) is 0 Å². The van der Waals surface area contributed by atoms with Crippen LogP contribution in [-0.4, -0.2) is 26.6 Å². The van der Waals surface area contributed by atoms with Gasteiger partial charge in [0.05, 0.1) is 18.4 Å². The first-order valence-electron chi connectivity index (χ1n) is 5.42. The van der Waals surface area contributed by atoms with Gasteiger partial charge in [-0.05, 0) is 19.1 Å². The molecule has 2 heterocycles. The summed E-state index contributed by atoms with van der Waals surface area (Å²) < 4.78 is 7.24. The van der Waals surface area contributed by atoms with Crippen LogP contribution in [0.4, 0.5) is 0 Å². The van der Waals surface area contributed by atoms with Crippen molar-refractivity contribution < 1.29 is 4.74 Å². The van der Waals surface area contributed by atoms with Crippen LogP contribution in [0.3, 0.4) is 0 Å². The Kier molecular flexibility index (Phi) is 3.66. The zero-order valence-corrected chi connectivity index (χ0v) is 9.71. The zero-order chi connectivity index (χ0) is 12.1. The number of hydrogen-bond acceptors (Lipinski definition) is 5. The molecule has 6 nitrogen and oxygen atoms in total. The predicted octanol–water partition coefficient (Wildman–Crippen LogP) is 0.519. The summed E-state index contributed by atoms with van der Waals surface area (Å²) in [5, 5.41) is 7.82. The number of hydrogen-bond donors (Lipinski definition) is 1. The molecule has 2 N–H and O–H groups in total. The minimum absolute atomic E-state index is 0.405. The molecule has 0 fully saturated rings. The zero-order valence-electron chi connectivity index (χ0n) is 9.71. The van der Waals surface area contributed by atoms with E-state index in [0.717, 1.165) is 17.1 Å². The highest BCUT2D eigenvalue weighted by Crippen LogP contribution is 2.08. The summed E-state index contributed by atoms with van der Waals surface area (Å²) in [4.78, 5) is 4.15. The van der Waals surface area contributed by atoms with E-state index < -0.39 is 0 Å². The third kappa shape index (κ3) is 3.25. The Morgan fingerprint density at radius 1 is 1.41 bits per heavy atom. The first-order chi connectivity index (χ1) is 8.28. The van der Waals surface area contributed by atoms with Crippen LogP contribution in [0.25, 0.3) is 0 Å². The molecule has 0 aliphatic rings. The molecule has 0 aliphatic carbocycles. The van der Waals surface area contributed by atoms with Crippen LogP contribution in [0.1, 0.15) is 11.4 Å². The molecule has 0 saturated carbocycles. The Balaban J connectivity index is 1.81. The Bertz CT molecular complexity index is 465. The van der Waals surface area contributed by atoms with Gasteiger partial charge in [-0.25, -0.2) is 4.68 Å². The van der Waals surface area contributed by atoms with Gasteiger partial charge in [-0.3, -0.25) is 4.98 Å². The molecule has 0 bridgehead atoms. The average molecular weight is 233 g/mol. The molecule has 0 radical (unpaired) electrons. The van der Waals surface area contributed by atoms with Gasteiger partial charge in [-0.2, -0.15) is 0 Å². The van der Waals surface area contributed by atoms with E-state index in [1.807, 2.05) is 25.3 Å². The summed E-state index contributed by atoms with van der Waals surface area (Å²) >= 11 is 0. The number of nitrogens with two attached hydrogens (primary N) is 1. The topological polar surface area (TPSA) is 78.9 Å². The molecule has 17 heavy (non-hydrogen) atoms. The number of ether oxygens (including phenoxy) is 1. The summed E-state index contributed by atoms with van der Waals surface area (Å²) in [6.45, 7) is 3.51. The monoisotopic (exact) mass is 233 g/mol. The third-order valence-electron chi connectivity index (χ3n) is 2.27. The fourth-order valence-electron chi connectivity index (χ4n) is 1.34. The van der Waals surface area contributed by atoms with E-state index in [1.54, 1.807) is 10.9 Å². The van der Waals surface area contributed by atoms with Crippen molar-refractivity contribution in [3.63, 3.8) is 0 Å². The van der Waals surface area contributed by atoms with E-state index in [9.17, 15) is 0 Å². The van der Waals surface area contributed by atoms with Crippen molar-refractivity contribution in [3.05, 3.63) is 35.9 Å². The predicted molar refractivity (Wildman–Crippen MR) is 62.4 cm³/mol. The SMILES string of the molecule is Cc1ccc(OCCn2cc(CN)nn2)cn1. The summed E-state index contributed by atoms with van der Waals surface area (Å²) in [6.07, 6.45) is 3.53. The summed E-state index contributed by atoms with van der Waals surface area (Å²) in [5.74, 6) is 0.759. The van der Waals surface area contributed by atoms with Crippen LogP contribution >= 0.6 is 0 Å². The highest BCUT2D eigenvalue weighted by atomic mass is 16.5. The van der Waals surface area contributed by atoms with E-state index in [-0.39, 0.29) is 0 Å². The molecule has 6 heteroatoms. The fraction of sp³-hybridized carbons (Fsp3) is 0.364. The van der Waals surface area contributed by atoms with Gasteiger partial charge in [0.1, 0.15) is 12.4 Å². The summed E-state index contributed by atoms with van der Waals surface area (Å²) in [7, 11) is 0. The first kappa shape index (κ1) is 11.5. The number of nitrogens with zero attached hydrogens (tertiary/aromatic N) is 4. The van der Waals surface area contributed by atoms with Crippen LogP contribution in [-0.2, 0) is 13.1 Å². The Morgan fingerprint density at radius 3 is 2.94 bits per heavy atom. The molecule has 0 atom stereocenters. The molecule has 0 unspecified atom stereocenters. The van der Waals surface area contributed by atoms with Gasteiger partial charge in [-0.1, -0.05) is 5.21 Å². The molecule has 2 aromatic rings. The molecule has 90 valence electrons. The maximum atomic E-state index is 5.53. The van der Waals surface area contributed by atoms with Gasteiger partial charge in [0.25, 0.3) is 0 Å². The quantitative estimate of drug-likeness (QED) is 0.814. The summed E-state index contributed by atoms with van der Waals surface area (Å²) in [6, 6.07) is 3.81. The van der Waals surface area contributed by atoms with Crippen LogP contribution in [0.2, 0.25) is 0 Å². The first-order valence-corrected chi connectivity index (χ1v) is 5.42. The number of rotatable bonds is 5. The molecule has 0 aromatic carbocycles. The van der Waals surface area contributed by atoms with Crippen molar-refractivity contribution in [1.29, 1.82) is 0 Å². The number of aryl methyl sites for hydroxylation is 1. The van der Waals surface area contributed by atoms with E-state index in [2.05, 4.69) is 15.3 Å².